The molecule has 31 heavy (non-hydrogen) atoms. The summed E-state index contributed by atoms with van der Waals surface area (Å²) in [6.45, 7) is 3.56. The molecule has 6 nitrogen and oxygen atoms in total. The van der Waals surface area contributed by atoms with E-state index in [0.717, 1.165) is 23.9 Å². The first-order valence-electron chi connectivity index (χ1n) is 9.35. The largest absolute Gasteiger partial charge is 0.383 e. The van der Waals surface area contributed by atoms with Crippen molar-refractivity contribution in [2.45, 2.75) is 30.3 Å². The molecule has 0 radical (unpaired) electrons. The Labute approximate surface area is 180 Å². The van der Waals surface area contributed by atoms with Gasteiger partial charge in [-0.3, -0.25) is 14.2 Å². The maximum atomic E-state index is 13.9. The Kier molecular flexibility index (Phi) is 7.01. The molecule has 3 rings (SSSR count). The molecule has 0 fully saturated rings. The molecule has 0 aliphatic carbocycles. The van der Waals surface area contributed by atoms with Crippen LogP contribution in [0.15, 0.2) is 46.3 Å². The molecule has 1 aromatic heterocycles. The number of anilines is 1. The third-order valence-corrected chi connectivity index (χ3v) is 5.63. The highest BCUT2D eigenvalue weighted by Gasteiger charge is 2.23. The number of rotatable bonds is 7. The molecule has 2 aromatic carbocycles. The SMILES string of the molecule is COCC(C)n1c(SC(C)C(=O)Nc2ccc(F)c(F)c2F)nc2ccccc2c1=O. The predicted octanol–water partition coefficient (Wildman–Crippen LogP) is 4.14. The number of fused-ring (bicyclic) bond motifs is 1. The van der Waals surface area contributed by atoms with Gasteiger partial charge in [0.25, 0.3) is 5.56 Å². The number of halogens is 3. The monoisotopic (exact) mass is 451 g/mol. The van der Waals surface area contributed by atoms with Crippen molar-refractivity contribution in [2.75, 3.05) is 19.0 Å². The summed E-state index contributed by atoms with van der Waals surface area (Å²) in [5.41, 5.74) is -0.292. The van der Waals surface area contributed by atoms with Crippen LogP contribution in [0.4, 0.5) is 18.9 Å². The molecule has 2 unspecified atom stereocenters. The average Bonchev–Trinajstić information content (AvgIpc) is 2.74. The molecule has 1 amide bonds. The second-order valence-corrected chi connectivity index (χ2v) is 8.17. The van der Waals surface area contributed by atoms with E-state index >= 15 is 0 Å². The van der Waals surface area contributed by atoms with Gasteiger partial charge < -0.3 is 10.1 Å². The third-order valence-electron chi connectivity index (χ3n) is 4.57. The van der Waals surface area contributed by atoms with Crippen LogP contribution in [0.3, 0.4) is 0 Å². The van der Waals surface area contributed by atoms with Gasteiger partial charge in [-0.1, -0.05) is 23.9 Å². The summed E-state index contributed by atoms with van der Waals surface area (Å²) in [6.07, 6.45) is 0. The molecule has 1 heterocycles. The third kappa shape index (κ3) is 4.75. The molecular weight excluding hydrogens is 431 g/mol. The maximum absolute atomic E-state index is 13.9. The Hall–Kier alpha value is -2.85. The maximum Gasteiger partial charge on any atom is 0.262 e. The first-order valence-corrected chi connectivity index (χ1v) is 10.2. The molecule has 0 saturated heterocycles. The van der Waals surface area contributed by atoms with E-state index in [1.54, 1.807) is 31.2 Å². The number of hydrogen-bond donors (Lipinski definition) is 1. The van der Waals surface area contributed by atoms with Crippen LogP contribution < -0.4 is 10.9 Å². The zero-order chi connectivity index (χ0) is 22.7. The molecule has 0 aliphatic heterocycles. The fourth-order valence-electron chi connectivity index (χ4n) is 2.98. The number of hydrogen-bond acceptors (Lipinski definition) is 5. The van der Waals surface area contributed by atoms with Crippen molar-refractivity contribution < 1.29 is 22.7 Å². The number of benzene rings is 2. The molecule has 0 saturated carbocycles. The minimum atomic E-state index is -1.67. The van der Waals surface area contributed by atoms with Crippen LogP contribution in [0.2, 0.25) is 0 Å². The lowest BCUT2D eigenvalue weighted by Gasteiger charge is -2.20. The summed E-state index contributed by atoms with van der Waals surface area (Å²) in [5.74, 6) is -5.17. The highest BCUT2D eigenvalue weighted by atomic mass is 32.2. The average molecular weight is 451 g/mol. The van der Waals surface area contributed by atoms with E-state index < -0.39 is 34.3 Å². The van der Waals surface area contributed by atoms with Gasteiger partial charge in [0.05, 0.1) is 34.5 Å². The van der Waals surface area contributed by atoms with Crippen molar-refractivity contribution in [3.05, 3.63) is 64.2 Å². The van der Waals surface area contributed by atoms with E-state index in [-0.39, 0.29) is 23.4 Å². The van der Waals surface area contributed by atoms with Crippen molar-refractivity contribution in [3.63, 3.8) is 0 Å². The van der Waals surface area contributed by atoms with Crippen molar-refractivity contribution in [1.82, 2.24) is 9.55 Å². The number of nitrogens with zero attached hydrogens (tertiary/aromatic N) is 2. The zero-order valence-corrected chi connectivity index (χ0v) is 17.8. The molecule has 3 aromatic rings. The van der Waals surface area contributed by atoms with Gasteiger partial charge in [0.1, 0.15) is 0 Å². The van der Waals surface area contributed by atoms with Gasteiger partial charge >= 0.3 is 0 Å². The Balaban J connectivity index is 1.93. The number of carbonyl (C=O) groups excluding carboxylic acids is 1. The van der Waals surface area contributed by atoms with Crippen LogP contribution in [0.1, 0.15) is 19.9 Å². The molecular formula is C21H20F3N3O3S. The van der Waals surface area contributed by atoms with Crippen LogP contribution in [-0.4, -0.2) is 34.4 Å². The lowest BCUT2D eigenvalue weighted by molar-refractivity contribution is -0.115. The lowest BCUT2D eigenvalue weighted by Crippen LogP contribution is -2.30. The first kappa shape index (κ1) is 22.8. The number of amides is 1. The fourth-order valence-corrected chi connectivity index (χ4v) is 3.99. The highest BCUT2D eigenvalue weighted by molar-refractivity contribution is 8.00. The van der Waals surface area contributed by atoms with Gasteiger partial charge in [-0.05, 0) is 38.1 Å². The van der Waals surface area contributed by atoms with Gasteiger partial charge in [0.2, 0.25) is 5.91 Å². The van der Waals surface area contributed by atoms with Crippen molar-refractivity contribution in [1.29, 1.82) is 0 Å². The number of carbonyl (C=O) groups is 1. The fraction of sp³-hybridized carbons (Fsp3) is 0.286. The number of para-hydroxylation sites is 1. The van der Waals surface area contributed by atoms with Gasteiger partial charge in [0.15, 0.2) is 22.6 Å². The highest BCUT2D eigenvalue weighted by Crippen LogP contribution is 2.27. The molecule has 0 bridgehead atoms. The molecule has 0 spiro atoms. The number of ether oxygens (including phenoxy) is 1. The van der Waals surface area contributed by atoms with Crippen molar-refractivity contribution >= 4 is 34.3 Å². The molecule has 0 aliphatic rings. The molecule has 1 N–H and O–H groups in total. The summed E-state index contributed by atoms with van der Waals surface area (Å²) in [5, 5.41) is 2.12. The number of nitrogens with one attached hydrogen (secondary N) is 1. The van der Waals surface area contributed by atoms with Crippen LogP contribution >= 0.6 is 11.8 Å². The molecule has 2 atom stereocenters. The van der Waals surface area contributed by atoms with E-state index in [9.17, 15) is 22.8 Å². The van der Waals surface area contributed by atoms with Crippen LogP contribution in [0.25, 0.3) is 10.9 Å². The number of thioether (sulfide) groups is 1. The van der Waals surface area contributed by atoms with Gasteiger partial charge in [-0.15, -0.1) is 0 Å². The minimum absolute atomic E-state index is 0.244. The van der Waals surface area contributed by atoms with Crippen LogP contribution in [0.5, 0.6) is 0 Å². The molecule has 10 heteroatoms. The first-order chi connectivity index (χ1) is 14.7. The second kappa shape index (κ2) is 9.52. The Morgan fingerprint density at radius 1 is 1.16 bits per heavy atom. The van der Waals surface area contributed by atoms with Crippen molar-refractivity contribution in [3.8, 4) is 0 Å². The lowest BCUT2D eigenvalue weighted by atomic mass is 10.2. The van der Waals surface area contributed by atoms with Gasteiger partial charge in [0, 0.05) is 7.11 Å². The quantitative estimate of drug-likeness (QED) is 0.332. The Morgan fingerprint density at radius 3 is 2.58 bits per heavy atom. The molecule has 164 valence electrons. The number of methoxy groups -OCH3 is 1. The smallest absolute Gasteiger partial charge is 0.262 e. The van der Waals surface area contributed by atoms with Gasteiger partial charge in [-0.25, -0.2) is 18.2 Å². The van der Waals surface area contributed by atoms with Crippen LogP contribution in [0, 0.1) is 17.5 Å². The minimum Gasteiger partial charge on any atom is -0.383 e. The summed E-state index contributed by atoms with van der Waals surface area (Å²) in [4.78, 5) is 30.1. The standard InChI is InChI=1S/C21H20F3N3O3S/c1-11(10-30-3)27-20(29)13-6-4-5-7-15(13)26-21(27)31-12(2)19(28)25-16-9-8-14(22)17(23)18(16)24/h4-9,11-12H,10H2,1-3H3,(H,25,28). The van der Waals surface area contributed by atoms with E-state index in [1.165, 1.54) is 18.6 Å². The summed E-state index contributed by atoms with van der Waals surface area (Å²) >= 11 is 0.988. The van der Waals surface area contributed by atoms with E-state index in [2.05, 4.69) is 10.3 Å². The Bertz CT molecular complexity index is 1190. The van der Waals surface area contributed by atoms with Crippen LogP contribution in [-0.2, 0) is 9.53 Å². The van der Waals surface area contributed by atoms with E-state index in [4.69, 9.17) is 4.74 Å². The number of aromatic nitrogens is 2. The summed E-state index contributed by atoms with van der Waals surface area (Å²) < 4.78 is 47.0. The topological polar surface area (TPSA) is 73.2 Å². The van der Waals surface area contributed by atoms with Gasteiger partial charge in [-0.2, -0.15) is 0 Å². The zero-order valence-electron chi connectivity index (χ0n) is 17.0. The normalized spacial score (nSPS) is 13.2. The second-order valence-electron chi connectivity index (χ2n) is 6.86. The van der Waals surface area contributed by atoms with E-state index in [1.807, 2.05) is 0 Å². The summed E-state index contributed by atoms with van der Waals surface area (Å²) in [7, 11) is 1.51. The summed E-state index contributed by atoms with van der Waals surface area (Å²) in [6, 6.07) is 8.12. The Morgan fingerprint density at radius 2 is 1.87 bits per heavy atom. The van der Waals surface area contributed by atoms with E-state index in [0.29, 0.717) is 10.9 Å². The van der Waals surface area contributed by atoms with Crippen molar-refractivity contribution in [2.24, 2.45) is 0 Å². The predicted molar refractivity (Wildman–Crippen MR) is 113 cm³/mol.